The number of halogens is 2. The van der Waals surface area contributed by atoms with E-state index in [1.807, 2.05) is 0 Å². The minimum Gasteiger partial charge on any atom is -0.493 e. The zero-order valence-electron chi connectivity index (χ0n) is 22.6. The first-order valence-electron chi connectivity index (χ1n) is 13.7. The molecule has 2 N–H and O–H groups in total. The zero-order valence-corrected chi connectivity index (χ0v) is 22.6. The second-order valence-electron chi connectivity index (χ2n) is 10.5. The fourth-order valence-electron chi connectivity index (χ4n) is 5.43. The normalized spacial score (nSPS) is 18.3. The minimum absolute atomic E-state index is 0.105. The van der Waals surface area contributed by atoms with E-state index in [1.54, 1.807) is 18.7 Å². The number of ether oxygens (including phenoxy) is 2. The van der Waals surface area contributed by atoms with Crippen molar-refractivity contribution in [3.63, 3.8) is 0 Å². The SMILES string of the molecule is COc1c([C@H](C(=O)O)N2CC[C@@H](OCCCCCc3ccc4c(n3)NCCC4)C2)cc(C(C)C)c(F)c1F. The van der Waals surface area contributed by atoms with Crippen molar-refractivity contribution in [3.05, 3.63) is 52.2 Å². The summed E-state index contributed by atoms with van der Waals surface area (Å²) < 4.78 is 40.5. The number of carboxylic acids is 1. The Hall–Kier alpha value is -2.78. The van der Waals surface area contributed by atoms with Gasteiger partial charge in [-0.25, -0.2) is 9.37 Å². The number of hydrogen-bond donors (Lipinski definition) is 2. The molecule has 0 amide bonds. The Balaban J connectivity index is 1.28. The van der Waals surface area contributed by atoms with Crippen LogP contribution in [0.25, 0.3) is 0 Å². The van der Waals surface area contributed by atoms with Gasteiger partial charge in [-0.05, 0) is 67.7 Å². The Labute approximate surface area is 223 Å². The van der Waals surface area contributed by atoms with Crippen molar-refractivity contribution in [2.45, 2.75) is 76.9 Å². The smallest absolute Gasteiger partial charge is 0.325 e. The summed E-state index contributed by atoms with van der Waals surface area (Å²) in [5.74, 6) is -2.90. The molecular weight excluding hydrogens is 492 g/mol. The van der Waals surface area contributed by atoms with Crippen LogP contribution < -0.4 is 10.1 Å². The second-order valence-corrected chi connectivity index (χ2v) is 10.5. The molecule has 1 saturated heterocycles. The van der Waals surface area contributed by atoms with Crippen molar-refractivity contribution >= 4 is 11.8 Å². The van der Waals surface area contributed by atoms with Gasteiger partial charge in [-0.15, -0.1) is 0 Å². The predicted molar refractivity (Wildman–Crippen MR) is 142 cm³/mol. The zero-order chi connectivity index (χ0) is 27.2. The number of aromatic nitrogens is 1. The average molecular weight is 532 g/mol. The van der Waals surface area contributed by atoms with Crippen LogP contribution >= 0.6 is 0 Å². The largest absolute Gasteiger partial charge is 0.493 e. The van der Waals surface area contributed by atoms with Gasteiger partial charge in [-0.2, -0.15) is 4.39 Å². The van der Waals surface area contributed by atoms with Gasteiger partial charge in [0.2, 0.25) is 5.82 Å². The maximum atomic E-state index is 14.8. The molecule has 38 heavy (non-hydrogen) atoms. The fraction of sp³-hybridized carbons (Fsp3) is 0.586. The molecule has 9 heteroatoms. The molecule has 0 bridgehead atoms. The number of methoxy groups -OCH3 is 1. The molecule has 2 atom stereocenters. The van der Waals surface area contributed by atoms with Gasteiger partial charge in [0, 0.05) is 37.5 Å². The van der Waals surface area contributed by atoms with Crippen LogP contribution in [-0.4, -0.2) is 60.4 Å². The number of nitrogens with zero attached hydrogens (tertiary/aromatic N) is 2. The van der Waals surface area contributed by atoms with Crippen LogP contribution in [0.1, 0.15) is 80.3 Å². The third-order valence-electron chi connectivity index (χ3n) is 7.50. The number of rotatable bonds is 12. The number of carbonyl (C=O) groups is 1. The van der Waals surface area contributed by atoms with Crippen LogP contribution in [0.15, 0.2) is 18.2 Å². The number of fused-ring (bicyclic) bond motifs is 1. The molecule has 0 radical (unpaired) electrons. The Morgan fingerprint density at radius 3 is 2.76 bits per heavy atom. The average Bonchev–Trinajstić information content (AvgIpc) is 3.36. The molecule has 0 unspecified atom stereocenters. The van der Waals surface area contributed by atoms with Gasteiger partial charge in [0.05, 0.1) is 13.2 Å². The summed E-state index contributed by atoms with van der Waals surface area (Å²) in [6.07, 6.45) is 6.71. The van der Waals surface area contributed by atoms with Crippen molar-refractivity contribution in [2.75, 3.05) is 38.7 Å². The summed E-state index contributed by atoms with van der Waals surface area (Å²) in [7, 11) is 1.23. The first kappa shape index (κ1) is 28.2. The number of pyridine rings is 1. The molecule has 2 aliphatic rings. The lowest BCUT2D eigenvalue weighted by Crippen LogP contribution is -2.34. The molecular formula is C29H39F2N3O4. The Morgan fingerprint density at radius 2 is 2.03 bits per heavy atom. The number of carboxylic acid groups (broad SMARTS) is 1. The highest BCUT2D eigenvalue weighted by Gasteiger charge is 2.37. The van der Waals surface area contributed by atoms with Gasteiger partial charge >= 0.3 is 5.97 Å². The molecule has 1 fully saturated rings. The lowest BCUT2D eigenvalue weighted by atomic mass is 9.95. The molecule has 1 aromatic heterocycles. The first-order chi connectivity index (χ1) is 18.3. The number of unbranched alkanes of at least 4 members (excludes halogenated alkanes) is 2. The predicted octanol–water partition coefficient (Wildman–Crippen LogP) is 5.48. The molecule has 4 rings (SSSR count). The molecule has 3 heterocycles. The number of hydrogen-bond acceptors (Lipinski definition) is 6. The van der Waals surface area contributed by atoms with Crippen molar-refractivity contribution in [3.8, 4) is 5.75 Å². The maximum Gasteiger partial charge on any atom is 0.325 e. The fourth-order valence-corrected chi connectivity index (χ4v) is 5.43. The van der Waals surface area contributed by atoms with E-state index in [1.165, 1.54) is 18.7 Å². The third-order valence-corrected chi connectivity index (χ3v) is 7.50. The Morgan fingerprint density at radius 1 is 1.21 bits per heavy atom. The maximum absolute atomic E-state index is 14.8. The van der Waals surface area contributed by atoms with Crippen molar-refractivity contribution in [1.29, 1.82) is 0 Å². The third kappa shape index (κ3) is 6.43. The van der Waals surface area contributed by atoms with Crippen molar-refractivity contribution in [1.82, 2.24) is 9.88 Å². The van der Waals surface area contributed by atoms with Gasteiger partial charge in [0.25, 0.3) is 0 Å². The van der Waals surface area contributed by atoms with E-state index in [0.29, 0.717) is 26.1 Å². The minimum atomic E-state index is -1.15. The number of benzene rings is 1. The van der Waals surface area contributed by atoms with Crippen LogP contribution in [0.3, 0.4) is 0 Å². The van der Waals surface area contributed by atoms with Gasteiger partial charge in [0.15, 0.2) is 11.6 Å². The van der Waals surface area contributed by atoms with Crippen LogP contribution in [0.5, 0.6) is 5.75 Å². The first-order valence-corrected chi connectivity index (χ1v) is 13.7. The van der Waals surface area contributed by atoms with E-state index in [2.05, 4.69) is 17.4 Å². The van der Waals surface area contributed by atoms with E-state index < -0.39 is 23.6 Å². The molecule has 0 aliphatic carbocycles. The Bertz CT molecular complexity index is 1130. The Kier molecular flexibility index (Phi) is 9.54. The van der Waals surface area contributed by atoms with Crippen LogP contribution in [0, 0.1) is 11.6 Å². The number of likely N-dealkylation sites (tertiary alicyclic amines) is 1. The summed E-state index contributed by atoms with van der Waals surface area (Å²) in [4.78, 5) is 18.8. The van der Waals surface area contributed by atoms with Crippen molar-refractivity contribution < 1.29 is 28.2 Å². The van der Waals surface area contributed by atoms with Crippen LogP contribution in [0.4, 0.5) is 14.6 Å². The highest BCUT2D eigenvalue weighted by Crippen LogP contribution is 2.38. The summed E-state index contributed by atoms with van der Waals surface area (Å²) >= 11 is 0. The number of nitrogens with one attached hydrogen (secondary N) is 1. The van der Waals surface area contributed by atoms with Crippen LogP contribution in [-0.2, 0) is 22.4 Å². The molecule has 2 aromatic rings. The lowest BCUT2D eigenvalue weighted by molar-refractivity contribution is -0.143. The molecule has 7 nitrogen and oxygen atoms in total. The van der Waals surface area contributed by atoms with Gasteiger partial charge in [0.1, 0.15) is 11.9 Å². The van der Waals surface area contributed by atoms with Gasteiger partial charge in [-0.3, -0.25) is 9.69 Å². The van der Waals surface area contributed by atoms with E-state index >= 15 is 0 Å². The monoisotopic (exact) mass is 531 g/mol. The van der Waals surface area contributed by atoms with Crippen molar-refractivity contribution in [2.24, 2.45) is 0 Å². The second kappa shape index (κ2) is 12.8. The van der Waals surface area contributed by atoms with Gasteiger partial charge < -0.3 is 19.9 Å². The quantitative estimate of drug-likeness (QED) is 0.351. The number of aryl methyl sites for hydroxylation is 2. The summed E-state index contributed by atoms with van der Waals surface area (Å²) in [5, 5.41) is 13.4. The summed E-state index contributed by atoms with van der Waals surface area (Å²) in [5.41, 5.74) is 2.68. The van der Waals surface area contributed by atoms with Gasteiger partial charge in [-0.1, -0.05) is 26.3 Å². The summed E-state index contributed by atoms with van der Waals surface area (Å²) in [6.45, 7) is 5.96. The van der Waals surface area contributed by atoms with Crippen LogP contribution in [0.2, 0.25) is 0 Å². The molecule has 0 spiro atoms. The number of aliphatic carboxylic acids is 1. The highest BCUT2D eigenvalue weighted by atomic mass is 19.2. The summed E-state index contributed by atoms with van der Waals surface area (Å²) in [6, 6.07) is 4.59. The van der Waals surface area contributed by atoms with E-state index in [0.717, 1.165) is 56.6 Å². The van der Waals surface area contributed by atoms with E-state index in [4.69, 9.17) is 14.5 Å². The molecule has 1 aromatic carbocycles. The lowest BCUT2D eigenvalue weighted by Gasteiger charge is -2.27. The van der Waals surface area contributed by atoms with E-state index in [9.17, 15) is 18.7 Å². The molecule has 0 saturated carbocycles. The topological polar surface area (TPSA) is 83.9 Å². The van der Waals surface area contributed by atoms with E-state index in [-0.39, 0.29) is 28.9 Å². The molecule has 208 valence electrons. The molecule has 2 aliphatic heterocycles. The number of anilines is 1. The standard InChI is InChI=1S/C29H39F2N3O4/c1-18(2)22-16-23(27(37-3)25(31)24(22)30)26(29(35)36)34-14-12-21(17-34)38-15-6-4-5-9-20-11-10-19-8-7-13-32-28(19)33-20/h10-11,16,18,21,26H,4-9,12-15,17H2,1-3H3,(H,32,33)(H,35,36)/t21-,26-/m1/s1. The highest BCUT2D eigenvalue weighted by molar-refractivity contribution is 5.77.